The van der Waals surface area contributed by atoms with Crippen molar-refractivity contribution in [2.45, 2.75) is 63.0 Å². The van der Waals surface area contributed by atoms with E-state index >= 15 is 0 Å². The first-order valence-electron chi connectivity index (χ1n) is 6.67. The minimum atomic E-state index is -1.67. The normalized spacial score (nSPS) is 15.2. The predicted molar refractivity (Wildman–Crippen MR) is 88.7 cm³/mol. The molecule has 0 unspecified atom stereocenters. The molecule has 0 aromatic carbocycles. The van der Waals surface area contributed by atoms with E-state index in [9.17, 15) is 0 Å². The maximum absolute atomic E-state index is 6.01. The van der Waals surface area contributed by atoms with Crippen molar-refractivity contribution in [3.63, 3.8) is 0 Å². The first-order chi connectivity index (χ1) is 7.31. The predicted octanol–water partition coefficient (Wildman–Crippen LogP) is 4.91. The molecule has 0 aliphatic carbocycles. The van der Waals surface area contributed by atoms with Crippen molar-refractivity contribution in [2.75, 3.05) is 6.61 Å². The van der Waals surface area contributed by atoms with Crippen LogP contribution in [0, 0.1) is 0 Å². The summed E-state index contributed by atoms with van der Waals surface area (Å²) in [5.74, 6) is 7.50. The zero-order valence-corrected chi connectivity index (χ0v) is 17.5. The average Bonchev–Trinajstić information content (AvgIpc) is 1.95. The Morgan fingerprint density at radius 3 is 1.76 bits per heavy atom. The van der Waals surface area contributed by atoms with Crippen molar-refractivity contribution in [1.82, 2.24) is 0 Å². The molecule has 1 nitrogen and oxygen atoms in total. The van der Waals surface area contributed by atoms with Crippen molar-refractivity contribution in [1.29, 1.82) is 0 Å². The van der Waals surface area contributed by atoms with Crippen LogP contribution in [-0.4, -0.2) is 36.3 Å². The van der Waals surface area contributed by atoms with Gasteiger partial charge in [-0.1, -0.05) is 0 Å². The summed E-state index contributed by atoms with van der Waals surface area (Å²) in [7, 11) is -2.42. The molecule has 0 heterocycles. The van der Waals surface area contributed by atoms with E-state index in [1.807, 2.05) is 0 Å². The molecule has 0 N–H and O–H groups in total. The molecule has 102 valence electrons. The van der Waals surface area contributed by atoms with Gasteiger partial charge in [0, 0.05) is 0 Å². The van der Waals surface area contributed by atoms with E-state index < -0.39 is 29.7 Å². The Bertz CT molecular complexity index is 267. The fraction of sp³-hybridized carbons (Fsp3) is 0.846. The Labute approximate surface area is 114 Å². The second kappa shape index (κ2) is 6.22. The Morgan fingerprint density at radius 1 is 1.00 bits per heavy atom. The first kappa shape index (κ1) is 17.7. The van der Waals surface area contributed by atoms with Gasteiger partial charge in [-0.05, 0) is 0 Å². The van der Waals surface area contributed by atoms with Gasteiger partial charge in [0.25, 0.3) is 0 Å². The molecule has 0 aliphatic rings. The van der Waals surface area contributed by atoms with Crippen LogP contribution in [0.2, 0.25) is 56.6 Å². The van der Waals surface area contributed by atoms with Crippen molar-refractivity contribution in [2.24, 2.45) is 0 Å². The maximum atomic E-state index is 6.01. The first-order valence-corrected chi connectivity index (χ1v) is 21.0. The average molecular weight is 333 g/mol. The van der Waals surface area contributed by atoms with Crippen LogP contribution in [0.4, 0.5) is 0 Å². The molecular weight excluding hydrogens is 301 g/mol. The van der Waals surface area contributed by atoms with Crippen molar-refractivity contribution >= 4 is 29.7 Å². The van der Waals surface area contributed by atoms with Crippen LogP contribution in [0.25, 0.3) is 0 Å². The molecule has 0 saturated carbocycles. The monoisotopic (exact) mass is 334 g/mol. The van der Waals surface area contributed by atoms with Gasteiger partial charge < -0.3 is 0 Å². The second-order valence-corrected chi connectivity index (χ2v) is 28.3. The summed E-state index contributed by atoms with van der Waals surface area (Å²) in [5.41, 5.74) is 2.64. The van der Waals surface area contributed by atoms with E-state index in [1.165, 1.54) is 6.42 Å². The molecule has 0 fully saturated rings. The van der Waals surface area contributed by atoms with Crippen LogP contribution >= 0.6 is 0 Å². The van der Waals surface area contributed by atoms with E-state index in [-0.39, 0.29) is 0 Å². The fourth-order valence-corrected chi connectivity index (χ4v) is 11.2. The Balaban J connectivity index is 4.61. The molecule has 0 bridgehead atoms. The summed E-state index contributed by atoms with van der Waals surface area (Å²) in [6.45, 7) is 15.0. The SMILES string of the molecule is C[Si](C)(C)/C=[C](\CCO[Si](C)(C)C)[Ge]([CH3])([CH3])[CH3]. The van der Waals surface area contributed by atoms with E-state index in [2.05, 4.69) is 62.3 Å². The van der Waals surface area contributed by atoms with Crippen molar-refractivity contribution < 1.29 is 4.43 Å². The molecule has 0 aromatic heterocycles. The standard InChI is InChI=1S/C13H32GeOSi2/c1-14(2,3)13(12-16(4,5)6)10-11-15-17(7,8)9/h12H,10-11H2,1-9H3/b13-12+. The summed E-state index contributed by atoms with van der Waals surface area (Å²) >= 11 is -1.67. The summed E-state index contributed by atoms with van der Waals surface area (Å²) in [6.07, 6.45) is 1.18. The van der Waals surface area contributed by atoms with Crippen molar-refractivity contribution in [3.05, 3.63) is 10.1 Å². The molecule has 0 radical (unpaired) electrons. The van der Waals surface area contributed by atoms with Gasteiger partial charge in [0.1, 0.15) is 0 Å². The van der Waals surface area contributed by atoms with Gasteiger partial charge in [-0.2, -0.15) is 0 Å². The summed E-state index contributed by atoms with van der Waals surface area (Å²) < 4.78 is 7.78. The van der Waals surface area contributed by atoms with Crippen LogP contribution < -0.4 is 0 Å². The van der Waals surface area contributed by atoms with Crippen LogP contribution in [0.5, 0.6) is 0 Å². The Kier molecular flexibility index (Phi) is 6.46. The van der Waals surface area contributed by atoms with Gasteiger partial charge in [-0.3, -0.25) is 0 Å². The zero-order valence-electron chi connectivity index (χ0n) is 13.4. The number of hydrogen-bond acceptors (Lipinski definition) is 1. The third kappa shape index (κ3) is 10.3. The Hall–Kier alpha value is 0.677. The molecule has 0 spiro atoms. The summed E-state index contributed by atoms with van der Waals surface area (Å²) in [5, 5.41) is 0. The third-order valence-corrected chi connectivity index (χ3v) is 10.2. The van der Waals surface area contributed by atoms with Gasteiger partial charge in [0.15, 0.2) is 0 Å². The third-order valence-electron chi connectivity index (χ3n) is 2.48. The number of rotatable bonds is 6. The molecule has 4 heteroatoms. The van der Waals surface area contributed by atoms with Crippen molar-refractivity contribution in [3.8, 4) is 0 Å². The van der Waals surface area contributed by atoms with Crippen LogP contribution in [0.3, 0.4) is 0 Å². The summed E-state index contributed by atoms with van der Waals surface area (Å²) in [6, 6.07) is 0. The van der Waals surface area contributed by atoms with Gasteiger partial charge in [-0.25, -0.2) is 0 Å². The van der Waals surface area contributed by atoms with Gasteiger partial charge >= 0.3 is 114 Å². The fourth-order valence-electron chi connectivity index (χ4n) is 1.65. The second-order valence-electron chi connectivity index (χ2n) is 8.00. The van der Waals surface area contributed by atoms with Crippen LogP contribution in [-0.2, 0) is 4.43 Å². The molecule has 0 aromatic rings. The zero-order chi connectivity index (χ0) is 13.9. The van der Waals surface area contributed by atoms with Gasteiger partial charge in [0.2, 0.25) is 0 Å². The summed E-state index contributed by atoms with van der Waals surface area (Å²) in [4.78, 5) is 0. The van der Waals surface area contributed by atoms with Crippen LogP contribution in [0.15, 0.2) is 10.1 Å². The molecule has 0 aliphatic heterocycles. The van der Waals surface area contributed by atoms with Gasteiger partial charge in [-0.15, -0.1) is 0 Å². The molecule has 0 rings (SSSR count). The Morgan fingerprint density at radius 2 is 1.47 bits per heavy atom. The minimum absolute atomic E-state index is 0.939. The van der Waals surface area contributed by atoms with Crippen LogP contribution in [0.1, 0.15) is 6.42 Å². The molecule has 0 amide bonds. The van der Waals surface area contributed by atoms with Gasteiger partial charge in [0.05, 0.1) is 0 Å². The molecule has 0 atom stereocenters. The van der Waals surface area contributed by atoms with E-state index in [4.69, 9.17) is 4.43 Å². The van der Waals surface area contributed by atoms with E-state index in [1.54, 1.807) is 4.41 Å². The quantitative estimate of drug-likeness (QED) is 0.628. The van der Waals surface area contributed by atoms with E-state index in [0.717, 1.165) is 6.61 Å². The molecular formula is C13H32GeOSi2. The molecule has 17 heavy (non-hydrogen) atoms. The topological polar surface area (TPSA) is 9.23 Å². The molecule has 0 saturated heterocycles. The van der Waals surface area contributed by atoms with E-state index in [0.29, 0.717) is 0 Å². The number of hydrogen-bond donors (Lipinski definition) is 0.